The summed E-state index contributed by atoms with van der Waals surface area (Å²) < 4.78 is 5.59. The number of nitrogens with two attached hydrogens (primary N) is 1. The highest BCUT2D eigenvalue weighted by Crippen LogP contribution is 2.19. The van der Waals surface area contributed by atoms with Crippen LogP contribution < -0.4 is 5.73 Å². The Hall–Kier alpha value is -1.55. The molecule has 1 heterocycles. The second kappa shape index (κ2) is 7.46. The summed E-state index contributed by atoms with van der Waals surface area (Å²) >= 11 is 0. The largest absolute Gasteiger partial charge is 0.399 e. The lowest BCUT2D eigenvalue weighted by atomic mass is 10.1. The summed E-state index contributed by atoms with van der Waals surface area (Å²) in [5.41, 5.74) is 7.62. The highest BCUT2D eigenvalue weighted by atomic mass is 16.5. The van der Waals surface area contributed by atoms with E-state index in [0.29, 0.717) is 13.0 Å². The summed E-state index contributed by atoms with van der Waals surface area (Å²) in [5, 5.41) is 0. The Balaban J connectivity index is 1.92. The van der Waals surface area contributed by atoms with Gasteiger partial charge in [0.1, 0.15) is 0 Å². The van der Waals surface area contributed by atoms with Crippen LogP contribution in [0, 0.1) is 0 Å². The summed E-state index contributed by atoms with van der Waals surface area (Å²) in [6, 6.07) is 7.92. The van der Waals surface area contributed by atoms with Crippen LogP contribution in [0.5, 0.6) is 0 Å². The van der Waals surface area contributed by atoms with Gasteiger partial charge in [0.2, 0.25) is 5.91 Å². The molecular formula is C17H26N2O2. The van der Waals surface area contributed by atoms with Crippen molar-refractivity contribution >= 4 is 11.6 Å². The van der Waals surface area contributed by atoms with Crippen LogP contribution in [-0.4, -0.2) is 29.6 Å². The number of benzene rings is 1. The first-order chi connectivity index (χ1) is 10.1. The molecule has 4 nitrogen and oxygen atoms in total. The van der Waals surface area contributed by atoms with Crippen LogP contribution in [0.1, 0.15) is 45.1 Å². The molecule has 1 unspecified atom stereocenters. The minimum absolute atomic E-state index is 0.184. The summed E-state index contributed by atoms with van der Waals surface area (Å²) in [4.78, 5) is 14.4. The number of anilines is 1. The number of amides is 1. The third-order valence-electron chi connectivity index (χ3n) is 3.95. The van der Waals surface area contributed by atoms with Gasteiger partial charge in [-0.2, -0.15) is 0 Å². The molecule has 1 aromatic rings. The van der Waals surface area contributed by atoms with Crippen molar-refractivity contribution in [2.24, 2.45) is 0 Å². The Morgan fingerprint density at radius 1 is 1.48 bits per heavy atom. The maximum atomic E-state index is 12.5. The number of nitrogen functional groups attached to an aromatic ring is 1. The van der Waals surface area contributed by atoms with Gasteiger partial charge >= 0.3 is 0 Å². The van der Waals surface area contributed by atoms with Gasteiger partial charge in [-0.05, 0) is 50.8 Å². The molecule has 1 aliphatic rings. The molecular weight excluding hydrogens is 264 g/mol. The van der Waals surface area contributed by atoms with Gasteiger partial charge < -0.3 is 15.4 Å². The van der Waals surface area contributed by atoms with Crippen LogP contribution >= 0.6 is 0 Å². The maximum absolute atomic E-state index is 12.5. The molecule has 1 fully saturated rings. The molecule has 1 aliphatic heterocycles. The molecule has 0 bridgehead atoms. The van der Waals surface area contributed by atoms with Gasteiger partial charge in [0.25, 0.3) is 0 Å². The van der Waals surface area contributed by atoms with Gasteiger partial charge in [0.05, 0.1) is 6.10 Å². The second-order valence-corrected chi connectivity index (χ2v) is 6.03. The zero-order valence-corrected chi connectivity index (χ0v) is 13.0. The third-order valence-corrected chi connectivity index (χ3v) is 3.95. The first kappa shape index (κ1) is 15.8. The topological polar surface area (TPSA) is 55.6 Å². The lowest BCUT2D eigenvalue weighted by molar-refractivity contribution is -0.134. The van der Waals surface area contributed by atoms with Crippen LogP contribution in [0.4, 0.5) is 5.69 Å². The van der Waals surface area contributed by atoms with Crippen LogP contribution in [0.3, 0.4) is 0 Å². The van der Waals surface area contributed by atoms with E-state index in [4.69, 9.17) is 10.5 Å². The van der Waals surface area contributed by atoms with Crippen molar-refractivity contribution in [3.8, 4) is 0 Å². The van der Waals surface area contributed by atoms with Crippen molar-refractivity contribution in [3.05, 3.63) is 29.8 Å². The summed E-state index contributed by atoms with van der Waals surface area (Å²) in [7, 11) is 0. The fourth-order valence-electron chi connectivity index (χ4n) is 2.75. The Morgan fingerprint density at radius 2 is 2.29 bits per heavy atom. The molecule has 0 saturated carbocycles. The van der Waals surface area contributed by atoms with Crippen LogP contribution in [0.15, 0.2) is 24.3 Å². The molecule has 0 aromatic heterocycles. The summed E-state index contributed by atoms with van der Waals surface area (Å²) in [6.07, 6.45) is 3.88. The highest BCUT2D eigenvalue weighted by molar-refractivity contribution is 5.76. The van der Waals surface area contributed by atoms with E-state index in [9.17, 15) is 4.79 Å². The zero-order chi connectivity index (χ0) is 15.2. The monoisotopic (exact) mass is 290 g/mol. The predicted molar refractivity (Wildman–Crippen MR) is 84.7 cm³/mol. The van der Waals surface area contributed by atoms with Gasteiger partial charge in [-0.25, -0.2) is 0 Å². The summed E-state index contributed by atoms with van der Waals surface area (Å²) in [5.74, 6) is 0.197. The minimum Gasteiger partial charge on any atom is -0.399 e. The van der Waals surface area contributed by atoms with E-state index in [-0.39, 0.29) is 18.1 Å². The predicted octanol–water partition coefficient (Wildman–Crippen LogP) is 2.97. The van der Waals surface area contributed by atoms with Crippen molar-refractivity contribution < 1.29 is 9.53 Å². The van der Waals surface area contributed by atoms with E-state index < -0.39 is 0 Å². The molecule has 0 spiro atoms. The van der Waals surface area contributed by atoms with Crippen LogP contribution in [-0.2, 0) is 16.1 Å². The Kier molecular flexibility index (Phi) is 5.62. The number of rotatable bonds is 6. The molecule has 1 aromatic carbocycles. The van der Waals surface area contributed by atoms with E-state index in [1.165, 1.54) is 0 Å². The smallest absolute Gasteiger partial charge is 0.223 e. The zero-order valence-electron chi connectivity index (χ0n) is 13.0. The van der Waals surface area contributed by atoms with Crippen molar-refractivity contribution in [2.45, 2.75) is 58.2 Å². The van der Waals surface area contributed by atoms with E-state index >= 15 is 0 Å². The van der Waals surface area contributed by atoms with Crippen molar-refractivity contribution in [1.29, 1.82) is 0 Å². The molecule has 2 N–H and O–H groups in total. The number of hydrogen-bond acceptors (Lipinski definition) is 3. The number of nitrogens with zero attached hydrogens (tertiary/aromatic N) is 1. The molecule has 21 heavy (non-hydrogen) atoms. The van der Waals surface area contributed by atoms with Crippen molar-refractivity contribution in [1.82, 2.24) is 4.90 Å². The molecule has 1 amide bonds. The Labute approximate surface area is 127 Å². The first-order valence-electron chi connectivity index (χ1n) is 7.81. The standard InChI is InChI=1S/C17H26N2O2/c1-13(2)19(12-14-5-3-6-15(18)11-14)17(20)9-8-16-7-4-10-21-16/h3,5-6,11,13,16H,4,7-10,12,18H2,1-2H3. The molecule has 1 atom stereocenters. The minimum atomic E-state index is 0.184. The molecule has 0 radical (unpaired) electrons. The van der Waals surface area contributed by atoms with Gasteiger partial charge in [-0.15, -0.1) is 0 Å². The van der Waals surface area contributed by atoms with E-state index in [1.807, 2.05) is 29.2 Å². The lowest BCUT2D eigenvalue weighted by Crippen LogP contribution is -2.36. The lowest BCUT2D eigenvalue weighted by Gasteiger charge is -2.27. The quantitative estimate of drug-likeness (QED) is 0.819. The van der Waals surface area contributed by atoms with Gasteiger partial charge in [0, 0.05) is 31.3 Å². The van der Waals surface area contributed by atoms with Crippen LogP contribution in [0.25, 0.3) is 0 Å². The number of ether oxygens (including phenoxy) is 1. The van der Waals surface area contributed by atoms with E-state index in [2.05, 4.69) is 13.8 Å². The van der Waals surface area contributed by atoms with Gasteiger partial charge in [-0.1, -0.05) is 12.1 Å². The van der Waals surface area contributed by atoms with Crippen molar-refractivity contribution in [2.75, 3.05) is 12.3 Å². The Morgan fingerprint density at radius 3 is 2.90 bits per heavy atom. The van der Waals surface area contributed by atoms with Gasteiger partial charge in [-0.3, -0.25) is 4.79 Å². The second-order valence-electron chi connectivity index (χ2n) is 6.03. The average Bonchev–Trinajstić information content (AvgIpc) is 2.95. The highest BCUT2D eigenvalue weighted by Gasteiger charge is 2.21. The number of carbonyl (C=O) groups excluding carboxylic acids is 1. The van der Waals surface area contributed by atoms with Crippen molar-refractivity contribution in [3.63, 3.8) is 0 Å². The average molecular weight is 290 g/mol. The number of hydrogen-bond donors (Lipinski definition) is 1. The molecule has 1 saturated heterocycles. The SMILES string of the molecule is CC(C)N(Cc1cccc(N)c1)C(=O)CCC1CCCO1. The number of carbonyl (C=O) groups is 1. The first-order valence-corrected chi connectivity index (χ1v) is 7.81. The van der Waals surface area contributed by atoms with E-state index in [1.54, 1.807) is 0 Å². The third kappa shape index (κ3) is 4.74. The molecule has 0 aliphatic carbocycles. The summed E-state index contributed by atoms with van der Waals surface area (Å²) in [6.45, 7) is 5.57. The van der Waals surface area contributed by atoms with E-state index in [0.717, 1.165) is 37.1 Å². The normalized spacial score (nSPS) is 18.1. The molecule has 4 heteroatoms. The Bertz CT molecular complexity index is 468. The maximum Gasteiger partial charge on any atom is 0.223 e. The van der Waals surface area contributed by atoms with Gasteiger partial charge in [0.15, 0.2) is 0 Å². The fraction of sp³-hybridized carbons (Fsp3) is 0.588. The fourth-order valence-corrected chi connectivity index (χ4v) is 2.75. The molecule has 116 valence electrons. The molecule has 2 rings (SSSR count). The van der Waals surface area contributed by atoms with Crippen LogP contribution in [0.2, 0.25) is 0 Å².